The maximum Gasteiger partial charge on any atom is 0.306 e. The molecule has 0 aromatic heterocycles. The fourth-order valence-corrected chi connectivity index (χ4v) is 2.22. The highest BCUT2D eigenvalue weighted by Crippen LogP contribution is 2.17. The summed E-state index contributed by atoms with van der Waals surface area (Å²) < 4.78 is 5.14. The van der Waals surface area contributed by atoms with Gasteiger partial charge in [0.15, 0.2) is 0 Å². The summed E-state index contributed by atoms with van der Waals surface area (Å²) in [7, 11) is 1.57. The number of hydrogen-bond donors (Lipinski definition) is 2. The minimum Gasteiger partial charge on any atom is -0.481 e. The third kappa shape index (κ3) is 5.47. The molecule has 0 saturated heterocycles. The Morgan fingerprint density at radius 3 is 2.50 bits per heavy atom. The lowest BCUT2D eigenvalue weighted by atomic mass is 10.1. The molecule has 0 heterocycles. The van der Waals surface area contributed by atoms with Crippen LogP contribution in [0.3, 0.4) is 0 Å². The van der Waals surface area contributed by atoms with Gasteiger partial charge in [-0.25, -0.2) is 0 Å². The molecule has 94 valence electrons. The Labute approximate surface area is 97.4 Å². The van der Waals surface area contributed by atoms with Crippen molar-refractivity contribution in [2.24, 2.45) is 0 Å². The Balaban J connectivity index is 2.22. The quantitative estimate of drug-likeness (QED) is 0.682. The van der Waals surface area contributed by atoms with Crippen molar-refractivity contribution in [3.05, 3.63) is 0 Å². The van der Waals surface area contributed by atoms with E-state index in [9.17, 15) is 4.79 Å². The summed E-state index contributed by atoms with van der Waals surface area (Å²) in [6, 6.07) is 0.550. The summed E-state index contributed by atoms with van der Waals surface area (Å²) in [5.74, 6) is -0.797. The Hall–Kier alpha value is -0.610. The first-order valence-corrected chi connectivity index (χ1v) is 6.20. The SMILES string of the molecule is COC(CNC1CCCCCC1)CC(=O)O. The van der Waals surface area contributed by atoms with Crippen LogP contribution in [-0.2, 0) is 9.53 Å². The number of hydrogen-bond acceptors (Lipinski definition) is 3. The topological polar surface area (TPSA) is 58.6 Å². The molecular weight excluding hydrogens is 206 g/mol. The second kappa shape index (κ2) is 7.63. The predicted octanol–water partition coefficient (Wildman–Crippen LogP) is 1.79. The van der Waals surface area contributed by atoms with Gasteiger partial charge in [-0.2, -0.15) is 0 Å². The molecule has 1 rings (SSSR count). The number of carboxylic acid groups (broad SMARTS) is 1. The van der Waals surface area contributed by atoms with Gasteiger partial charge >= 0.3 is 5.97 Å². The monoisotopic (exact) mass is 229 g/mol. The molecule has 16 heavy (non-hydrogen) atoms. The molecule has 0 aromatic rings. The molecule has 4 heteroatoms. The van der Waals surface area contributed by atoms with Crippen molar-refractivity contribution in [3.63, 3.8) is 0 Å². The smallest absolute Gasteiger partial charge is 0.306 e. The molecule has 1 aliphatic carbocycles. The number of carbonyl (C=O) groups is 1. The largest absolute Gasteiger partial charge is 0.481 e. The fourth-order valence-electron chi connectivity index (χ4n) is 2.22. The van der Waals surface area contributed by atoms with Crippen LogP contribution >= 0.6 is 0 Å². The average Bonchev–Trinajstić information content (AvgIpc) is 2.52. The van der Waals surface area contributed by atoms with Crippen LogP contribution in [-0.4, -0.2) is 36.9 Å². The van der Waals surface area contributed by atoms with Crippen molar-refractivity contribution in [1.29, 1.82) is 0 Å². The minimum atomic E-state index is -0.797. The van der Waals surface area contributed by atoms with E-state index in [-0.39, 0.29) is 12.5 Å². The molecule has 0 bridgehead atoms. The van der Waals surface area contributed by atoms with E-state index < -0.39 is 5.97 Å². The molecule has 1 fully saturated rings. The third-order valence-corrected chi connectivity index (χ3v) is 3.22. The first-order chi connectivity index (χ1) is 7.72. The molecule has 0 amide bonds. The lowest BCUT2D eigenvalue weighted by Gasteiger charge is -2.20. The van der Waals surface area contributed by atoms with Crippen LogP contribution in [0, 0.1) is 0 Å². The molecule has 0 aliphatic heterocycles. The molecule has 1 saturated carbocycles. The molecule has 0 aromatic carbocycles. The van der Waals surface area contributed by atoms with E-state index in [0.29, 0.717) is 12.6 Å². The summed E-state index contributed by atoms with van der Waals surface area (Å²) in [5, 5.41) is 12.1. The van der Waals surface area contributed by atoms with Gasteiger partial charge in [0.1, 0.15) is 0 Å². The van der Waals surface area contributed by atoms with Gasteiger partial charge in [-0.05, 0) is 12.8 Å². The van der Waals surface area contributed by atoms with Crippen molar-refractivity contribution in [3.8, 4) is 0 Å². The summed E-state index contributed by atoms with van der Waals surface area (Å²) in [4.78, 5) is 10.6. The molecular formula is C12H23NO3. The van der Waals surface area contributed by atoms with Gasteiger partial charge in [0.2, 0.25) is 0 Å². The predicted molar refractivity (Wildman–Crippen MR) is 62.5 cm³/mol. The normalized spacial score (nSPS) is 20.3. The van der Waals surface area contributed by atoms with Gasteiger partial charge in [-0.3, -0.25) is 4.79 Å². The highest BCUT2D eigenvalue weighted by atomic mass is 16.5. The summed E-state index contributed by atoms with van der Waals surface area (Å²) in [6.07, 6.45) is 7.54. The fraction of sp³-hybridized carbons (Fsp3) is 0.917. The molecule has 2 N–H and O–H groups in total. The number of rotatable bonds is 6. The average molecular weight is 229 g/mol. The van der Waals surface area contributed by atoms with Gasteiger partial charge < -0.3 is 15.2 Å². The van der Waals surface area contributed by atoms with E-state index in [4.69, 9.17) is 9.84 Å². The lowest BCUT2D eigenvalue weighted by Crippen LogP contribution is -2.37. The van der Waals surface area contributed by atoms with E-state index in [0.717, 1.165) is 0 Å². The van der Waals surface area contributed by atoms with Crippen molar-refractivity contribution in [2.75, 3.05) is 13.7 Å². The first-order valence-electron chi connectivity index (χ1n) is 6.20. The Kier molecular flexibility index (Phi) is 6.42. The standard InChI is InChI=1S/C12H23NO3/c1-16-11(8-12(14)15)9-13-10-6-4-2-3-5-7-10/h10-11,13H,2-9H2,1H3,(H,14,15). The number of methoxy groups -OCH3 is 1. The molecule has 1 atom stereocenters. The zero-order chi connectivity index (χ0) is 11.8. The lowest BCUT2D eigenvalue weighted by molar-refractivity contribution is -0.139. The van der Waals surface area contributed by atoms with E-state index >= 15 is 0 Å². The van der Waals surface area contributed by atoms with Gasteiger partial charge in [0.05, 0.1) is 12.5 Å². The van der Waals surface area contributed by atoms with E-state index in [1.165, 1.54) is 38.5 Å². The highest BCUT2D eigenvalue weighted by molar-refractivity contribution is 5.67. The van der Waals surface area contributed by atoms with Crippen LogP contribution in [0.4, 0.5) is 0 Å². The number of carboxylic acids is 1. The zero-order valence-corrected chi connectivity index (χ0v) is 10.1. The number of nitrogens with one attached hydrogen (secondary N) is 1. The van der Waals surface area contributed by atoms with E-state index in [1.54, 1.807) is 7.11 Å². The first kappa shape index (κ1) is 13.5. The second-order valence-electron chi connectivity index (χ2n) is 4.55. The Bertz CT molecular complexity index is 200. The maximum absolute atomic E-state index is 10.6. The maximum atomic E-state index is 10.6. The van der Waals surface area contributed by atoms with Crippen LogP contribution in [0.1, 0.15) is 44.9 Å². The third-order valence-electron chi connectivity index (χ3n) is 3.22. The van der Waals surface area contributed by atoms with Crippen molar-refractivity contribution in [2.45, 2.75) is 57.1 Å². The highest BCUT2D eigenvalue weighted by Gasteiger charge is 2.16. The molecule has 0 radical (unpaired) electrons. The van der Waals surface area contributed by atoms with Crippen molar-refractivity contribution < 1.29 is 14.6 Å². The van der Waals surface area contributed by atoms with Crippen LogP contribution < -0.4 is 5.32 Å². The number of ether oxygens (including phenoxy) is 1. The number of aliphatic carboxylic acids is 1. The van der Waals surface area contributed by atoms with Crippen LogP contribution in [0.5, 0.6) is 0 Å². The molecule has 1 unspecified atom stereocenters. The van der Waals surface area contributed by atoms with Crippen LogP contribution in [0.15, 0.2) is 0 Å². The summed E-state index contributed by atoms with van der Waals surface area (Å²) in [6.45, 7) is 0.646. The summed E-state index contributed by atoms with van der Waals surface area (Å²) in [5.41, 5.74) is 0. The Morgan fingerprint density at radius 1 is 1.38 bits per heavy atom. The zero-order valence-electron chi connectivity index (χ0n) is 10.1. The van der Waals surface area contributed by atoms with Gasteiger partial charge in [0, 0.05) is 19.7 Å². The van der Waals surface area contributed by atoms with Crippen LogP contribution in [0.2, 0.25) is 0 Å². The molecule has 1 aliphatic rings. The second-order valence-corrected chi connectivity index (χ2v) is 4.55. The van der Waals surface area contributed by atoms with Gasteiger partial charge in [0.25, 0.3) is 0 Å². The van der Waals surface area contributed by atoms with Crippen molar-refractivity contribution >= 4 is 5.97 Å². The van der Waals surface area contributed by atoms with E-state index in [2.05, 4.69) is 5.32 Å². The minimum absolute atomic E-state index is 0.0796. The van der Waals surface area contributed by atoms with E-state index in [1.807, 2.05) is 0 Å². The molecule has 4 nitrogen and oxygen atoms in total. The van der Waals surface area contributed by atoms with Gasteiger partial charge in [-0.1, -0.05) is 25.7 Å². The van der Waals surface area contributed by atoms with Crippen LogP contribution in [0.25, 0.3) is 0 Å². The summed E-state index contributed by atoms with van der Waals surface area (Å²) >= 11 is 0. The van der Waals surface area contributed by atoms with Crippen molar-refractivity contribution in [1.82, 2.24) is 5.32 Å². The molecule has 0 spiro atoms. The Morgan fingerprint density at radius 2 is 2.00 bits per heavy atom. The van der Waals surface area contributed by atoms with Gasteiger partial charge in [-0.15, -0.1) is 0 Å².